The quantitative estimate of drug-likeness (QED) is 0.926. The standard InChI is InChI=1S/C17H20N4O2/c1-12-5-3-4-6-14(12)10-21-8-7-20(11-16(21)22)15-9-18-19-17(23)13(15)2/h3-6,9H,7-8,10-11H2,1-2H3,(H,19,23). The summed E-state index contributed by atoms with van der Waals surface area (Å²) in [6.07, 6.45) is 1.61. The predicted molar refractivity (Wildman–Crippen MR) is 88.4 cm³/mol. The number of piperazine rings is 1. The predicted octanol–water partition coefficient (Wildman–Crippen LogP) is 1.24. The van der Waals surface area contributed by atoms with E-state index in [1.54, 1.807) is 13.1 Å². The Balaban J connectivity index is 1.73. The fourth-order valence-electron chi connectivity index (χ4n) is 2.84. The van der Waals surface area contributed by atoms with Crippen molar-refractivity contribution in [1.82, 2.24) is 15.1 Å². The molecule has 120 valence electrons. The molecule has 6 nitrogen and oxygen atoms in total. The third-order valence-electron chi connectivity index (χ3n) is 4.36. The van der Waals surface area contributed by atoms with Crippen molar-refractivity contribution in [2.24, 2.45) is 0 Å². The van der Waals surface area contributed by atoms with E-state index in [0.29, 0.717) is 25.2 Å². The highest BCUT2D eigenvalue weighted by Crippen LogP contribution is 2.19. The van der Waals surface area contributed by atoms with Gasteiger partial charge in [0.25, 0.3) is 5.56 Å². The average Bonchev–Trinajstić information content (AvgIpc) is 2.54. The molecule has 0 atom stereocenters. The van der Waals surface area contributed by atoms with Crippen LogP contribution in [0.3, 0.4) is 0 Å². The molecule has 2 aromatic rings. The fourth-order valence-corrected chi connectivity index (χ4v) is 2.84. The molecule has 3 rings (SSSR count). The van der Waals surface area contributed by atoms with Crippen molar-refractivity contribution in [2.75, 3.05) is 24.5 Å². The van der Waals surface area contributed by atoms with Gasteiger partial charge in [-0.25, -0.2) is 5.10 Å². The molecule has 23 heavy (non-hydrogen) atoms. The highest BCUT2D eigenvalue weighted by Gasteiger charge is 2.25. The fraction of sp³-hybridized carbons (Fsp3) is 0.353. The molecule has 1 aliphatic heterocycles. The minimum absolute atomic E-state index is 0.0687. The van der Waals surface area contributed by atoms with E-state index in [-0.39, 0.29) is 18.0 Å². The number of amides is 1. The van der Waals surface area contributed by atoms with Gasteiger partial charge in [-0.2, -0.15) is 5.10 Å². The van der Waals surface area contributed by atoms with Gasteiger partial charge in [-0.1, -0.05) is 24.3 Å². The lowest BCUT2D eigenvalue weighted by Gasteiger charge is -2.36. The maximum absolute atomic E-state index is 12.5. The molecule has 0 saturated carbocycles. The van der Waals surface area contributed by atoms with E-state index >= 15 is 0 Å². The van der Waals surface area contributed by atoms with Crippen LogP contribution in [0, 0.1) is 13.8 Å². The summed E-state index contributed by atoms with van der Waals surface area (Å²) in [5.41, 5.74) is 3.48. The van der Waals surface area contributed by atoms with Gasteiger partial charge in [0.15, 0.2) is 0 Å². The number of aromatic nitrogens is 2. The van der Waals surface area contributed by atoms with E-state index in [1.165, 1.54) is 11.1 Å². The number of carbonyl (C=O) groups excluding carboxylic acids is 1. The number of benzene rings is 1. The average molecular weight is 312 g/mol. The SMILES string of the molecule is Cc1ccccc1CN1CCN(c2cn[nH]c(=O)c2C)CC1=O. The highest BCUT2D eigenvalue weighted by molar-refractivity contribution is 5.83. The van der Waals surface area contributed by atoms with Gasteiger partial charge in [0.1, 0.15) is 0 Å². The Labute approximate surface area is 134 Å². The second-order valence-corrected chi connectivity index (χ2v) is 5.87. The zero-order chi connectivity index (χ0) is 16.4. The lowest BCUT2D eigenvalue weighted by Crippen LogP contribution is -2.50. The molecule has 0 unspecified atom stereocenters. The molecule has 0 bridgehead atoms. The summed E-state index contributed by atoms with van der Waals surface area (Å²) in [5, 5.41) is 6.25. The second-order valence-electron chi connectivity index (χ2n) is 5.87. The molecule has 1 fully saturated rings. The number of rotatable bonds is 3. The van der Waals surface area contributed by atoms with Gasteiger partial charge in [0.2, 0.25) is 5.91 Å². The number of aromatic amines is 1. The zero-order valence-corrected chi connectivity index (χ0v) is 13.4. The summed E-state index contributed by atoms with van der Waals surface area (Å²) in [5.74, 6) is 0.0687. The Morgan fingerprint density at radius 3 is 2.70 bits per heavy atom. The molecule has 1 aromatic carbocycles. The molecule has 6 heteroatoms. The summed E-state index contributed by atoms with van der Waals surface area (Å²) in [7, 11) is 0. The number of hydrogen-bond donors (Lipinski definition) is 1. The summed E-state index contributed by atoms with van der Waals surface area (Å²) >= 11 is 0. The minimum atomic E-state index is -0.211. The van der Waals surface area contributed by atoms with Crippen LogP contribution in [0.2, 0.25) is 0 Å². The van der Waals surface area contributed by atoms with E-state index in [1.807, 2.05) is 21.9 Å². The molecule has 1 N–H and O–H groups in total. The highest BCUT2D eigenvalue weighted by atomic mass is 16.2. The maximum Gasteiger partial charge on any atom is 0.269 e. The molecule has 2 heterocycles. The molecule has 0 aliphatic carbocycles. The summed E-state index contributed by atoms with van der Waals surface area (Å²) in [6, 6.07) is 8.11. The molecule has 1 saturated heterocycles. The van der Waals surface area contributed by atoms with Crippen molar-refractivity contribution < 1.29 is 4.79 Å². The van der Waals surface area contributed by atoms with Crippen LogP contribution in [0.4, 0.5) is 5.69 Å². The number of H-pyrrole nitrogens is 1. The zero-order valence-electron chi connectivity index (χ0n) is 13.4. The first-order valence-corrected chi connectivity index (χ1v) is 7.68. The summed E-state index contributed by atoms with van der Waals surface area (Å²) < 4.78 is 0. The Bertz CT molecular complexity index is 784. The van der Waals surface area contributed by atoms with Gasteiger partial charge in [-0.3, -0.25) is 9.59 Å². The number of hydrogen-bond acceptors (Lipinski definition) is 4. The Morgan fingerprint density at radius 1 is 1.17 bits per heavy atom. The van der Waals surface area contributed by atoms with E-state index in [0.717, 1.165) is 5.69 Å². The van der Waals surface area contributed by atoms with Gasteiger partial charge in [0.05, 0.1) is 18.4 Å². The van der Waals surface area contributed by atoms with Crippen LogP contribution in [0.15, 0.2) is 35.3 Å². The van der Waals surface area contributed by atoms with Gasteiger partial charge >= 0.3 is 0 Å². The van der Waals surface area contributed by atoms with Crippen LogP contribution >= 0.6 is 0 Å². The van der Waals surface area contributed by atoms with Crippen LogP contribution in [-0.2, 0) is 11.3 Å². The van der Waals surface area contributed by atoms with Crippen molar-refractivity contribution in [3.63, 3.8) is 0 Å². The Morgan fingerprint density at radius 2 is 1.96 bits per heavy atom. The van der Waals surface area contributed by atoms with Crippen LogP contribution in [0.1, 0.15) is 16.7 Å². The second kappa shape index (κ2) is 6.24. The monoisotopic (exact) mass is 312 g/mol. The molecule has 1 aliphatic rings. The normalized spacial score (nSPS) is 15.1. The number of aryl methyl sites for hydroxylation is 1. The lowest BCUT2D eigenvalue weighted by atomic mass is 10.1. The van der Waals surface area contributed by atoms with Crippen LogP contribution in [0.5, 0.6) is 0 Å². The van der Waals surface area contributed by atoms with Crippen LogP contribution < -0.4 is 10.5 Å². The van der Waals surface area contributed by atoms with Crippen molar-refractivity contribution >= 4 is 11.6 Å². The third-order valence-corrected chi connectivity index (χ3v) is 4.36. The van der Waals surface area contributed by atoms with Crippen molar-refractivity contribution in [2.45, 2.75) is 20.4 Å². The van der Waals surface area contributed by atoms with E-state index in [4.69, 9.17) is 0 Å². The summed E-state index contributed by atoms with van der Waals surface area (Å²) in [4.78, 5) is 27.9. The first kappa shape index (κ1) is 15.3. The lowest BCUT2D eigenvalue weighted by molar-refractivity contribution is -0.131. The van der Waals surface area contributed by atoms with E-state index in [2.05, 4.69) is 29.3 Å². The molecule has 0 radical (unpaired) electrons. The molecular weight excluding hydrogens is 292 g/mol. The number of carbonyl (C=O) groups is 1. The Hall–Kier alpha value is -2.63. The van der Waals surface area contributed by atoms with Gasteiger partial charge < -0.3 is 9.80 Å². The van der Waals surface area contributed by atoms with Crippen molar-refractivity contribution in [3.8, 4) is 0 Å². The smallest absolute Gasteiger partial charge is 0.269 e. The van der Waals surface area contributed by atoms with Gasteiger partial charge in [0, 0.05) is 25.2 Å². The molecular formula is C17H20N4O2. The van der Waals surface area contributed by atoms with E-state index in [9.17, 15) is 9.59 Å². The number of nitrogens with zero attached hydrogens (tertiary/aromatic N) is 3. The van der Waals surface area contributed by atoms with Gasteiger partial charge in [-0.15, -0.1) is 0 Å². The number of anilines is 1. The van der Waals surface area contributed by atoms with Crippen molar-refractivity contribution in [3.05, 3.63) is 57.5 Å². The van der Waals surface area contributed by atoms with Crippen molar-refractivity contribution in [1.29, 1.82) is 0 Å². The molecule has 1 aromatic heterocycles. The van der Waals surface area contributed by atoms with Crippen LogP contribution in [0.25, 0.3) is 0 Å². The van der Waals surface area contributed by atoms with Crippen LogP contribution in [-0.4, -0.2) is 40.6 Å². The first-order valence-electron chi connectivity index (χ1n) is 7.68. The molecule has 0 spiro atoms. The largest absolute Gasteiger partial charge is 0.359 e. The Kier molecular flexibility index (Phi) is 4.14. The molecule has 1 amide bonds. The minimum Gasteiger partial charge on any atom is -0.359 e. The first-order chi connectivity index (χ1) is 11.1. The van der Waals surface area contributed by atoms with Gasteiger partial charge in [-0.05, 0) is 25.0 Å². The van der Waals surface area contributed by atoms with E-state index < -0.39 is 0 Å². The summed E-state index contributed by atoms with van der Waals surface area (Å²) in [6.45, 7) is 6.05. The topological polar surface area (TPSA) is 69.3 Å². The third kappa shape index (κ3) is 3.11. The number of nitrogens with one attached hydrogen (secondary N) is 1. The maximum atomic E-state index is 12.5.